The lowest BCUT2D eigenvalue weighted by molar-refractivity contribution is 0.00827. The second-order valence-electron chi connectivity index (χ2n) is 14.0. The van der Waals surface area contributed by atoms with E-state index in [0.29, 0.717) is 23.2 Å². The van der Waals surface area contributed by atoms with Crippen LogP contribution in [0.4, 0.5) is 22.2 Å². The van der Waals surface area contributed by atoms with Gasteiger partial charge in [0.2, 0.25) is 5.95 Å². The molecule has 2 N–H and O–H groups in total. The Hall–Kier alpha value is -4.19. The maximum atomic E-state index is 12.7. The van der Waals surface area contributed by atoms with Crippen LogP contribution in [0.3, 0.4) is 0 Å². The molecule has 12 heteroatoms. The number of hydrogen-bond acceptors (Lipinski definition) is 11. The maximum Gasteiger partial charge on any atom is 0.410 e. The zero-order valence-corrected chi connectivity index (χ0v) is 27.1. The Balaban J connectivity index is 0.939. The Morgan fingerprint density at radius 2 is 1.74 bits per heavy atom. The van der Waals surface area contributed by atoms with Gasteiger partial charge >= 0.3 is 6.09 Å². The molecule has 3 fully saturated rings. The van der Waals surface area contributed by atoms with Gasteiger partial charge in [0.15, 0.2) is 5.82 Å². The first-order chi connectivity index (χ1) is 22.2. The number of piperazine rings is 1. The molecular formula is C34H45N9O3. The number of hydrogen-bond donors (Lipinski definition) is 2. The van der Waals surface area contributed by atoms with E-state index in [2.05, 4.69) is 30.2 Å². The van der Waals surface area contributed by atoms with Crippen molar-refractivity contribution in [1.29, 1.82) is 0 Å². The smallest absolute Gasteiger partial charge is 0.410 e. The van der Waals surface area contributed by atoms with Crippen molar-refractivity contribution in [3.05, 3.63) is 48.3 Å². The molecule has 0 radical (unpaired) electrons. The first-order valence-corrected chi connectivity index (χ1v) is 16.7. The molecular weight excluding hydrogens is 582 g/mol. The van der Waals surface area contributed by atoms with Crippen LogP contribution < -0.4 is 15.1 Å². The molecule has 4 aliphatic heterocycles. The van der Waals surface area contributed by atoms with Gasteiger partial charge in [-0.25, -0.2) is 14.8 Å². The molecule has 4 aliphatic rings. The van der Waals surface area contributed by atoms with Crippen LogP contribution >= 0.6 is 0 Å². The molecule has 1 aromatic carbocycles. The number of carbonyl (C=O) groups is 1. The Bertz CT molecular complexity index is 1540. The molecule has 244 valence electrons. The van der Waals surface area contributed by atoms with Gasteiger partial charge in [0, 0.05) is 63.3 Å². The Kier molecular flexibility index (Phi) is 8.31. The number of ether oxygens (including phenoxy) is 1. The molecule has 46 heavy (non-hydrogen) atoms. The first-order valence-electron chi connectivity index (χ1n) is 16.7. The number of rotatable bonds is 4. The number of likely N-dealkylation sites (tertiary alicyclic amines) is 2. The first kappa shape index (κ1) is 30.5. The highest BCUT2D eigenvalue weighted by Gasteiger charge is 2.35. The van der Waals surface area contributed by atoms with Crippen molar-refractivity contribution in [3.63, 3.8) is 0 Å². The summed E-state index contributed by atoms with van der Waals surface area (Å²) in [5, 5.41) is 22.6. The van der Waals surface area contributed by atoms with Gasteiger partial charge < -0.3 is 29.9 Å². The fourth-order valence-corrected chi connectivity index (χ4v) is 7.34. The number of phenols is 1. The molecule has 0 spiro atoms. The molecule has 2 atom stereocenters. The summed E-state index contributed by atoms with van der Waals surface area (Å²) in [4.78, 5) is 31.5. The van der Waals surface area contributed by atoms with E-state index < -0.39 is 5.60 Å². The van der Waals surface area contributed by atoms with Gasteiger partial charge in [0.1, 0.15) is 11.4 Å². The van der Waals surface area contributed by atoms with E-state index in [1.54, 1.807) is 12.1 Å². The molecule has 7 rings (SSSR count). The fraction of sp³-hybridized carbons (Fsp3) is 0.559. The lowest BCUT2D eigenvalue weighted by atomic mass is 9.89. The number of carbonyl (C=O) groups excluding carboxylic acids is 1. The van der Waals surface area contributed by atoms with Crippen molar-refractivity contribution < 1.29 is 14.6 Å². The van der Waals surface area contributed by atoms with Crippen LogP contribution in [-0.2, 0) is 4.74 Å². The van der Waals surface area contributed by atoms with Gasteiger partial charge in [0.05, 0.1) is 17.4 Å². The number of amides is 1. The zero-order valence-electron chi connectivity index (χ0n) is 27.1. The third-order valence-electron chi connectivity index (χ3n) is 9.76. The fourth-order valence-electron chi connectivity index (χ4n) is 7.34. The summed E-state index contributed by atoms with van der Waals surface area (Å²) < 4.78 is 5.64. The Morgan fingerprint density at radius 3 is 2.50 bits per heavy atom. The molecule has 3 saturated heterocycles. The van der Waals surface area contributed by atoms with Crippen molar-refractivity contribution in [2.75, 3.05) is 67.5 Å². The third-order valence-corrected chi connectivity index (χ3v) is 9.76. The van der Waals surface area contributed by atoms with E-state index in [9.17, 15) is 9.90 Å². The number of phenolic OH excluding ortho intramolecular Hbond substituents is 1. The maximum absolute atomic E-state index is 12.7. The van der Waals surface area contributed by atoms with Crippen molar-refractivity contribution >= 4 is 23.5 Å². The van der Waals surface area contributed by atoms with Crippen LogP contribution in [-0.4, -0.2) is 111 Å². The number of piperidine rings is 2. The van der Waals surface area contributed by atoms with Crippen LogP contribution in [0, 0.1) is 0 Å². The van der Waals surface area contributed by atoms with E-state index in [0.717, 1.165) is 95.5 Å². The van der Waals surface area contributed by atoms with Crippen molar-refractivity contribution in [3.8, 4) is 17.0 Å². The largest absolute Gasteiger partial charge is 0.507 e. The summed E-state index contributed by atoms with van der Waals surface area (Å²) in [6.07, 6.45) is 8.16. The lowest BCUT2D eigenvalue weighted by Gasteiger charge is -2.45. The summed E-state index contributed by atoms with van der Waals surface area (Å²) >= 11 is 0. The average Bonchev–Trinajstić information content (AvgIpc) is 3.07. The molecule has 0 saturated carbocycles. The minimum Gasteiger partial charge on any atom is -0.507 e. The highest BCUT2D eigenvalue weighted by Crippen LogP contribution is 2.37. The highest BCUT2D eigenvalue weighted by atomic mass is 16.6. The van der Waals surface area contributed by atoms with Gasteiger partial charge in [-0.1, -0.05) is 12.1 Å². The molecule has 0 bridgehead atoms. The number of fused-ring (bicyclic) bond motifs is 3. The number of anilines is 3. The van der Waals surface area contributed by atoms with Crippen LogP contribution in [0.2, 0.25) is 0 Å². The SMILES string of the molecule is CC(C)(C)OC(=O)N1CCCC(N2CCC(c3cnc(N4CCN5c6cc(-c7ccccc7O)nnc6NC[C@H]5C4)nc3)CC2)C1. The summed E-state index contributed by atoms with van der Waals surface area (Å²) in [5.41, 5.74) is 3.09. The minimum atomic E-state index is -0.469. The summed E-state index contributed by atoms with van der Waals surface area (Å²) in [6.45, 7) is 12.5. The number of benzene rings is 1. The zero-order chi connectivity index (χ0) is 31.8. The predicted molar refractivity (Wildman–Crippen MR) is 177 cm³/mol. The normalized spacial score (nSPS) is 22.5. The topological polar surface area (TPSA) is 123 Å². The van der Waals surface area contributed by atoms with Gasteiger partial charge in [0.25, 0.3) is 0 Å². The second kappa shape index (κ2) is 12.5. The average molecular weight is 628 g/mol. The van der Waals surface area contributed by atoms with Crippen molar-refractivity contribution in [1.82, 2.24) is 30.0 Å². The highest BCUT2D eigenvalue weighted by molar-refractivity contribution is 5.76. The molecule has 2 aromatic heterocycles. The Morgan fingerprint density at radius 1 is 0.957 bits per heavy atom. The number of para-hydroxylation sites is 1. The van der Waals surface area contributed by atoms with Crippen LogP contribution in [0.1, 0.15) is 57.9 Å². The quantitative estimate of drug-likeness (QED) is 0.430. The van der Waals surface area contributed by atoms with Crippen LogP contribution in [0.15, 0.2) is 42.7 Å². The van der Waals surface area contributed by atoms with Crippen molar-refractivity contribution in [2.24, 2.45) is 0 Å². The van der Waals surface area contributed by atoms with Crippen molar-refractivity contribution in [2.45, 2.75) is 70.1 Å². The van der Waals surface area contributed by atoms with E-state index in [4.69, 9.17) is 14.7 Å². The van der Waals surface area contributed by atoms with Gasteiger partial charge in [-0.2, -0.15) is 0 Å². The number of aromatic hydroxyl groups is 1. The molecule has 1 amide bonds. The van der Waals surface area contributed by atoms with E-state index >= 15 is 0 Å². The monoisotopic (exact) mass is 627 g/mol. The lowest BCUT2D eigenvalue weighted by Crippen LogP contribution is -2.58. The van der Waals surface area contributed by atoms with E-state index in [1.165, 1.54) is 5.56 Å². The van der Waals surface area contributed by atoms with E-state index in [1.807, 2.05) is 56.3 Å². The standard InChI is InChI=1S/C34H45N9O3/c1-34(2,3)46-33(45)42-12-6-7-25(21-42)40-13-10-23(11-14-40)24-18-36-32(37-19-24)41-15-16-43-26(22-41)20-35-31-29(43)17-28(38-39-31)27-8-4-5-9-30(27)44/h4-5,8-9,17-19,23,25-26,44H,6-7,10-16,20-22H2,1-3H3,(H,35,39)/t25?,26-/m0/s1. The number of aromatic nitrogens is 4. The molecule has 12 nitrogen and oxygen atoms in total. The van der Waals surface area contributed by atoms with Gasteiger partial charge in [-0.15, -0.1) is 10.2 Å². The second-order valence-corrected chi connectivity index (χ2v) is 14.0. The number of nitrogens with zero attached hydrogens (tertiary/aromatic N) is 8. The summed E-state index contributed by atoms with van der Waals surface area (Å²) in [7, 11) is 0. The molecule has 1 unspecified atom stereocenters. The van der Waals surface area contributed by atoms with E-state index in [-0.39, 0.29) is 17.9 Å². The molecule has 0 aliphatic carbocycles. The Labute approximate surface area is 270 Å². The summed E-state index contributed by atoms with van der Waals surface area (Å²) in [5.74, 6) is 2.20. The molecule has 3 aromatic rings. The molecule has 6 heterocycles. The van der Waals surface area contributed by atoms with Crippen LogP contribution in [0.5, 0.6) is 5.75 Å². The number of nitrogens with one attached hydrogen (secondary N) is 1. The van der Waals surface area contributed by atoms with Gasteiger partial charge in [-0.05, 0) is 89.2 Å². The summed E-state index contributed by atoms with van der Waals surface area (Å²) in [6, 6.07) is 9.88. The van der Waals surface area contributed by atoms with Crippen LogP contribution in [0.25, 0.3) is 11.3 Å². The predicted octanol–water partition coefficient (Wildman–Crippen LogP) is 4.34. The van der Waals surface area contributed by atoms with Gasteiger partial charge in [-0.3, -0.25) is 4.90 Å². The third kappa shape index (κ3) is 6.40. The minimum absolute atomic E-state index is 0.192.